The van der Waals surface area contributed by atoms with E-state index in [-0.39, 0.29) is 11.6 Å². The molecule has 2 aromatic heterocycles. The minimum atomic E-state index is -0.959. The molecule has 3 heterocycles. The molecule has 0 atom stereocenters. The number of nitrogens with one attached hydrogen (secondary N) is 2. The molecule has 4 aromatic rings. The Morgan fingerprint density at radius 2 is 1.82 bits per heavy atom. The fourth-order valence-electron chi connectivity index (χ4n) is 4.82. The predicted molar refractivity (Wildman–Crippen MR) is 134 cm³/mol. The maximum Gasteiger partial charge on any atom is 0.352 e. The van der Waals surface area contributed by atoms with Crippen LogP contribution in [0.25, 0.3) is 33.5 Å². The van der Waals surface area contributed by atoms with Gasteiger partial charge in [0.1, 0.15) is 10.7 Å². The zero-order valence-corrected chi connectivity index (χ0v) is 19.0. The van der Waals surface area contributed by atoms with Gasteiger partial charge in [0.15, 0.2) is 0 Å². The van der Waals surface area contributed by atoms with Crippen molar-refractivity contribution in [3.8, 4) is 21.8 Å². The van der Waals surface area contributed by atoms with Gasteiger partial charge in [0.25, 0.3) is 5.91 Å². The molecule has 7 heteroatoms. The smallest absolute Gasteiger partial charge is 0.352 e. The third-order valence-electron chi connectivity index (χ3n) is 6.48. The van der Waals surface area contributed by atoms with Gasteiger partial charge in [0, 0.05) is 33.5 Å². The van der Waals surface area contributed by atoms with Gasteiger partial charge in [-0.2, -0.15) is 0 Å². The van der Waals surface area contributed by atoms with Crippen molar-refractivity contribution in [2.75, 3.05) is 5.32 Å². The second-order valence-electron chi connectivity index (χ2n) is 8.56. The predicted octanol–water partition coefficient (Wildman–Crippen LogP) is 5.87. The van der Waals surface area contributed by atoms with Crippen LogP contribution < -0.4 is 5.32 Å². The lowest BCUT2D eigenvalue weighted by molar-refractivity contribution is -0.110. The van der Waals surface area contributed by atoms with Crippen molar-refractivity contribution in [1.82, 2.24) is 9.97 Å². The summed E-state index contributed by atoms with van der Waals surface area (Å²) in [5.74, 6) is -1.15. The van der Waals surface area contributed by atoms with Gasteiger partial charge in [-0.25, -0.2) is 9.78 Å². The zero-order valence-electron chi connectivity index (χ0n) is 18.2. The molecule has 2 aromatic carbocycles. The number of nitrogens with zero attached hydrogens (tertiary/aromatic N) is 1. The van der Waals surface area contributed by atoms with E-state index in [1.165, 1.54) is 0 Å². The monoisotopic (exact) mass is 467 g/mol. The van der Waals surface area contributed by atoms with Crippen LogP contribution in [0, 0.1) is 0 Å². The largest absolute Gasteiger partial charge is 0.477 e. The van der Waals surface area contributed by atoms with Gasteiger partial charge >= 0.3 is 5.97 Å². The van der Waals surface area contributed by atoms with E-state index in [0.717, 1.165) is 75.6 Å². The number of benzene rings is 2. The van der Waals surface area contributed by atoms with E-state index in [1.807, 2.05) is 53.9 Å². The molecule has 34 heavy (non-hydrogen) atoms. The second kappa shape index (κ2) is 8.11. The summed E-state index contributed by atoms with van der Waals surface area (Å²) in [5, 5.41) is 15.5. The van der Waals surface area contributed by atoms with Crippen LogP contribution >= 0.6 is 11.3 Å². The Morgan fingerprint density at radius 3 is 2.62 bits per heavy atom. The third-order valence-corrected chi connectivity index (χ3v) is 7.37. The molecule has 1 amide bonds. The minimum Gasteiger partial charge on any atom is -0.477 e. The first-order valence-corrected chi connectivity index (χ1v) is 12.1. The molecule has 6 rings (SSSR count). The van der Waals surface area contributed by atoms with Crippen molar-refractivity contribution in [2.24, 2.45) is 0 Å². The number of thiazole rings is 1. The van der Waals surface area contributed by atoms with Crippen LogP contribution in [0.5, 0.6) is 0 Å². The first-order chi connectivity index (χ1) is 16.6. The number of aromatic amines is 1. The van der Waals surface area contributed by atoms with Gasteiger partial charge in [-0.3, -0.25) is 4.79 Å². The van der Waals surface area contributed by atoms with Gasteiger partial charge in [-0.1, -0.05) is 36.4 Å². The minimum absolute atomic E-state index is 0.188. The number of rotatable bonds is 4. The Labute approximate surface area is 200 Å². The van der Waals surface area contributed by atoms with Crippen molar-refractivity contribution < 1.29 is 14.7 Å². The number of amides is 1. The van der Waals surface area contributed by atoms with E-state index in [9.17, 15) is 14.7 Å². The third kappa shape index (κ3) is 3.45. The van der Waals surface area contributed by atoms with E-state index >= 15 is 0 Å². The number of hydrogen-bond donors (Lipinski definition) is 3. The molecule has 0 unspecified atom stereocenters. The van der Waals surface area contributed by atoms with Gasteiger partial charge < -0.3 is 15.4 Å². The number of carbonyl (C=O) groups is 2. The Kier molecular flexibility index (Phi) is 4.92. The fourth-order valence-corrected chi connectivity index (χ4v) is 5.66. The van der Waals surface area contributed by atoms with Gasteiger partial charge in [0.2, 0.25) is 0 Å². The number of H-pyrrole nitrogens is 1. The summed E-state index contributed by atoms with van der Waals surface area (Å²) < 4.78 is 0. The van der Waals surface area contributed by atoms with Crippen LogP contribution in [0.4, 0.5) is 5.69 Å². The number of aromatic carboxylic acids is 1. The molecule has 6 nitrogen and oxygen atoms in total. The number of carboxylic acids is 1. The maximum atomic E-state index is 12.9. The van der Waals surface area contributed by atoms with Crippen LogP contribution in [0.3, 0.4) is 0 Å². The number of aromatic nitrogens is 2. The summed E-state index contributed by atoms with van der Waals surface area (Å²) >= 11 is 1.59. The van der Waals surface area contributed by atoms with Crippen molar-refractivity contribution in [1.29, 1.82) is 0 Å². The zero-order chi connectivity index (χ0) is 23.2. The van der Waals surface area contributed by atoms with Gasteiger partial charge in [0.05, 0.1) is 11.3 Å². The Hall–Kier alpha value is -3.97. The first kappa shape index (κ1) is 20.6. The highest BCUT2D eigenvalue weighted by Crippen LogP contribution is 2.38. The molecule has 0 saturated heterocycles. The molecule has 168 valence electrons. The van der Waals surface area contributed by atoms with Crippen molar-refractivity contribution in [3.63, 3.8) is 0 Å². The fraction of sp³-hybridized carbons (Fsp3) is 0.148. The van der Waals surface area contributed by atoms with E-state index in [0.29, 0.717) is 5.57 Å². The normalized spacial score (nSPS) is 15.8. The standard InChI is InChI=1S/C27H21N3O3S/c31-25-20(13-22-17-8-4-5-9-18(17)24(28-22)27(32)33)19-12-16(10-11-21(19)29-25)23-14-34-26(30-23)15-6-2-1-3-7-15/h1-3,6-7,10-14,28H,4-5,8-9H2,(H,29,31)(H,32,33)/b20-13-. The van der Waals surface area contributed by atoms with Crippen LogP contribution in [-0.2, 0) is 17.6 Å². The molecule has 0 fully saturated rings. The molecule has 1 aliphatic heterocycles. The van der Waals surface area contributed by atoms with E-state index < -0.39 is 5.97 Å². The summed E-state index contributed by atoms with van der Waals surface area (Å²) in [6, 6.07) is 15.9. The number of carboxylic acid groups (broad SMARTS) is 1. The van der Waals surface area contributed by atoms with Crippen molar-refractivity contribution in [3.05, 3.63) is 82.0 Å². The first-order valence-electron chi connectivity index (χ1n) is 11.2. The molecular formula is C27H21N3O3S. The van der Waals surface area contributed by atoms with Crippen LogP contribution in [-0.4, -0.2) is 27.0 Å². The Balaban J connectivity index is 1.41. The number of hydrogen-bond acceptors (Lipinski definition) is 4. The van der Waals surface area contributed by atoms with Gasteiger partial charge in [-0.05, 0) is 55.0 Å². The van der Waals surface area contributed by atoms with E-state index in [1.54, 1.807) is 17.4 Å². The lowest BCUT2D eigenvalue weighted by Gasteiger charge is -2.12. The molecule has 0 spiro atoms. The summed E-state index contributed by atoms with van der Waals surface area (Å²) in [7, 11) is 0. The highest BCUT2D eigenvalue weighted by atomic mass is 32.1. The topological polar surface area (TPSA) is 95.1 Å². The molecule has 0 saturated carbocycles. The average Bonchev–Trinajstić information content (AvgIpc) is 3.56. The van der Waals surface area contributed by atoms with Crippen LogP contribution in [0.15, 0.2) is 53.9 Å². The second-order valence-corrected chi connectivity index (χ2v) is 9.42. The van der Waals surface area contributed by atoms with Crippen LogP contribution in [0.1, 0.15) is 45.7 Å². The molecule has 0 radical (unpaired) electrons. The maximum absolute atomic E-state index is 12.9. The average molecular weight is 468 g/mol. The molecule has 0 bridgehead atoms. The quantitative estimate of drug-likeness (QED) is 0.327. The summed E-state index contributed by atoms with van der Waals surface area (Å²) in [6.07, 6.45) is 5.36. The highest BCUT2D eigenvalue weighted by molar-refractivity contribution is 7.13. The number of anilines is 1. The van der Waals surface area contributed by atoms with Crippen molar-refractivity contribution >= 4 is 40.5 Å². The molecular weight excluding hydrogens is 446 g/mol. The lowest BCUT2D eigenvalue weighted by atomic mass is 9.91. The van der Waals surface area contributed by atoms with Crippen molar-refractivity contribution in [2.45, 2.75) is 25.7 Å². The Morgan fingerprint density at radius 1 is 1.03 bits per heavy atom. The lowest BCUT2D eigenvalue weighted by Crippen LogP contribution is -2.06. The molecule has 3 N–H and O–H groups in total. The summed E-state index contributed by atoms with van der Waals surface area (Å²) in [6.45, 7) is 0. The molecule has 2 aliphatic rings. The SMILES string of the molecule is O=C1Nc2ccc(-c3csc(-c4ccccc4)n3)cc2/C1=C/c1[nH]c(C(=O)O)c2c1CCCC2. The molecule has 1 aliphatic carbocycles. The summed E-state index contributed by atoms with van der Waals surface area (Å²) in [5.41, 5.74) is 7.78. The summed E-state index contributed by atoms with van der Waals surface area (Å²) in [4.78, 5) is 32.5. The highest BCUT2D eigenvalue weighted by Gasteiger charge is 2.28. The van der Waals surface area contributed by atoms with Crippen LogP contribution in [0.2, 0.25) is 0 Å². The van der Waals surface area contributed by atoms with Gasteiger partial charge in [-0.15, -0.1) is 11.3 Å². The Bertz CT molecular complexity index is 1480. The number of carbonyl (C=O) groups excluding carboxylic acids is 1. The van der Waals surface area contributed by atoms with E-state index in [4.69, 9.17) is 4.98 Å². The van der Waals surface area contributed by atoms with E-state index in [2.05, 4.69) is 10.3 Å². The number of fused-ring (bicyclic) bond motifs is 2.